The number of rotatable bonds is 4. The Morgan fingerprint density at radius 1 is 1.53 bits per heavy atom. The van der Waals surface area contributed by atoms with Crippen molar-refractivity contribution in [1.82, 2.24) is 9.78 Å². The van der Waals surface area contributed by atoms with Crippen LogP contribution in [0.1, 0.15) is 11.3 Å². The van der Waals surface area contributed by atoms with Gasteiger partial charge in [-0.25, -0.2) is 0 Å². The van der Waals surface area contributed by atoms with Crippen molar-refractivity contribution < 1.29 is 18.3 Å². The van der Waals surface area contributed by atoms with E-state index in [1.54, 1.807) is 0 Å². The smallest absolute Gasteiger partial charge is 0.396 e. The van der Waals surface area contributed by atoms with Gasteiger partial charge in [0.2, 0.25) is 0 Å². The maximum atomic E-state index is 12.4. The van der Waals surface area contributed by atoms with E-state index < -0.39 is 11.9 Å². The average molecular weight is 220 g/mol. The molecule has 84 valence electrons. The molecule has 0 amide bonds. The Balaban J connectivity index is 3.05. The van der Waals surface area contributed by atoms with Gasteiger partial charge in [0.25, 0.3) is 0 Å². The lowest BCUT2D eigenvalue weighted by atomic mass is 10.2. The normalized spacial score (nSPS) is 11.7. The number of halogens is 3. The van der Waals surface area contributed by atoms with Crippen LogP contribution in [-0.2, 0) is 19.1 Å². The first-order chi connectivity index (χ1) is 6.99. The van der Waals surface area contributed by atoms with E-state index >= 15 is 0 Å². The molecule has 3 nitrogen and oxygen atoms in total. The SMILES string of the molecule is C=CCn1cc(CCO)c(C(F)(F)F)n1. The molecule has 0 aromatic carbocycles. The molecular formula is C9H11F3N2O. The number of aliphatic hydroxyl groups is 1. The first-order valence-electron chi connectivity index (χ1n) is 4.34. The monoisotopic (exact) mass is 220 g/mol. The molecule has 0 radical (unpaired) electrons. The van der Waals surface area contributed by atoms with Crippen LogP contribution in [0.5, 0.6) is 0 Å². The topological polar surface area (TPSA) is 38.0 Å². The van der Waals surface area contributed by atoms with Gasteiger partial charge in [-0.2, -0.15) is 18.3 Å². The molecule has 15 heavy (non-hydrogen) atoms. The van der Waals surface area contributed by atoms with Gasteiger partial charge in [0.1, 0.15) is 0 Å². The fraction of sp³-hybridized carbons (Fsp3) is 0.444. The highest BCUT2D eigenvalue weighted by Gasteiger charge is 2.36. The van der Waals surface area contributed by atoms with Gasteiger partial charge in [0, 0.05) is 18.4 Å². The van der Waals surface area contributed by atoms with Crippen LogP contribution in [0.3, 0.4) is 0 Å². The molecule has 0 bridgehead atoms. The number of aromatic nitrogens is 2. The van der Waals surface area contributed by atoms with Crippen LogP contribution in [0.25, 0.3) is 0 Å². The Hall–Kier alpha value is -1.30. The molecule has 0 aliphatic carbocycles. The van der Waals surface area contributed by atoms with Crippen molar-refractivity contribution in [2.45, 2.75) is 19.1 Å². The van der Waals surface area contributed by atoms with Crippen molar-refractivity contribution in [3.05, 3.63) is 30.1 Å². The molecule has 1 aromatic heterocycles. The number of alkyl halides is 3. The van der Waals surface area contributed by atoms with Crippen molar-refractivity contribution >= 4 is 0 Å². The molecule has 0 saturated heterocycles. The number of hydrogen-bond acceptors (Lipinski definition) is 2. The van der Waals surface area contributed by atoms with Crippen molar-refractivity contribution in [3.8, 4) is 0 Å². The summed E-state index contributed by atoms with van der Waals surface area (Å²) in [4.78, 5) is 0. The summed E-state index contributed by atoms with van der Waals surface area (Å²) in [6.07, 6.45) is -1.79. The minimum atomic E-state index is -4.48. The molecule has 0 saturated carbocycles. The van der Waals surface area contributed by atoms with Gasteiger partial charge in [0.05, 0.1) is 6.54 Å². The largest absolute Gasteiger partial charge is 0.435 e. The molecule has 1 rings (SSSR count). The first-order valence-corrected chi connectivity index (χ1v) is 4.34. The van der Waals surface area contributed by atoms with Crippen LogP contribution in [0, 0.1) is 0 Å². The molecule has 0 atom stereocenters. The molecule has 1 aromatic rings. The Labute approximate surface area is 84.8 Å². The van der Waals surface area contributed by atoms with Crippen LogP contribution < -0.4 is 0 Å². The molecule has 1 heterocycles. The summed E-state index contributed by atoms with van der Waals surface area (Å²) < 4.78 is 38.5. The van der Waals surface area contributed by atoms with Crippen LogP contribution in [0.15, 0.2) is 18.9 Å². The zero-order valence-electron chi connectivity index (χ0n) is 7.96. The predicted octanol–water partition coefficient (Wildman–Crippen LogP) is 1.62. The zero-order valence-corrected chi connectivity index (χ0v) is 7.96. The summed E-state index contributed by atoms with van der Waals surface area (Å²) in [5, 5.41) is 12.0. The lowest BCUT2D eigenvalue weighted by Crippen LogP contribution is -2.10. The predicted molar refractivity (Wildman–Crippen MR) is 48.2 cm³/mol. The Bertz CT molecular complexity index is 344. The van der Waals surface area contributed by atoms with E-state index in [4.69, 9.17) is 5.11 Å². The maximum Gasteiger partial charge on any atom is 0.435 e. The Morgan fingerprint density at radius 3 is 2.67 bits per heavy atom. The third-order valence-electron chi connectivity index (χ3n) is 1.80. The summed E-state index contributed by atoms with van der Waals surface area (Å²) in [6.45, 7) is 3.30. The van der Waals surface area contributed by atoms with Gasteiger partial charge in [-0.05, 0) is 6.42 Å². The highest BCUT2D eigenvalue weighted by molar-refractivity contribution is 5.20. The van der Waals surface area contributed by atoms with Crippen molar-refractivity contribution in [1.29, 1.82) is 0 Å². The van der Waals surface area contributed by atoms with Gasteiger partial charge >= 0.3 is 6.18 Å². The summed E-state index contributed by atoms with van der Waals surface area (Å²) in [5.41, 5.74) is -0.926. The van der Waals surface area contributed by atoms with E-state index in [0.717, 1.165) is 4.68 Å². The van der Waals surface area contributed by atoms with E-state index in [9.17, 15) is 13.2 Å². The van der Waals surface area contributed by atoms with Crippen LogP contribution >= 0.6 is 0 Å². The van der Waals surface area contributed by atoms with Crippen molar-refractivity contribution in [3.63, 3.8) is 0 Å². The molecule has 1 N–H and O–H groups in total. The quantitative estimate of drug-likeness (QED) is 0.783. The summed E-state index contributed by atoms with van der Waals surface area (Å²) >= 11 is 0. The van der Waals surface area contributed by atoms with E-state index in [2.05, 4.69) is 11.7 Å². The minimum absolute atomic E-state index is 0.00634. The standard InChI is InChI=1S/C9H11F3N2O/c1-2-4-14-6-7(3-5-15)8(13-14)9(10,11)12/h2,6,15H,1,3-5H2. The van der Waals surface area contributed by atoms with Gasteiger partial charge in [0.15, 0.2) is 5.69 Å². The van der Waals surface area contributed by atoms with E-state index in [1.807, 2.05) is 0 Å². The lowest BCUT2D eigenvalue weighted by Gasteiger charge is -2.04. The summed E-state index contributed by atoms with van der Waals surface area (Å²) in [6, 6.07) is 0. The number of nitrogens with zero attached hydrogens (tertiary/aromatic N) is 2. The highest BCUT2D eigenvalue weighted by atomic mass is 19.4. The van der Waals surface area contributed by atoms with Gasteiger partial charge in [-0.1, -0.05) is 6.08 Å². The van der Waals surface area contributed by atoms with Gasteiger partial charge < -0.3 is 5.11 Å². The van der Waals surface area contributed by atoms with Crippen molar-refractivity contribution in [2.24, 2.45) is 0 Å². The molecule has 0 spiro atoms. The van der Waals surface area contributed by atoms with Crippen LogP contribution in [-0.4, -0.2) is 21.5 Å². The van der Waals surface area contributed by atoms with Crippen molar-refractivity contribution in [2.75, 3.05) is 6.61 Å². The molecule has 0 unspecified atom stereocenters. The average Bonchev–Trinajstić information content (AvgIpc) is 2.49. The molecule has 6 heteroatoms. The first kappa shape index (κ1) is 11.8. The Morgan fingerprint density at radius 2 is 2.20 bits per heavy atom. The highest BCUT2D eigenvalue weighted by Crippen LogP contribution is 2.30. The second kappa shape index (κ2) is 4.48. The molecular weight excluding hydrogens is 209 g/mol. The fourth-order valence-corrected chi connectivity index (χ4v) is 1.23. The molecule has 0 aliphatic rings. The van der Waals surface area contributed by atoms with Gasteiger partial charge in [-0.3, -0.25) is 4.68 Å². The zero-order chi connectivity index (χ0) is 11.5. The third-order valence-corrected chi connectivity index (χ3v) is 1.80. The maximum absolute atomic E-state index is 12.4. The van der Waals surface area contributed by atoms with Crippen LogP contribution in [0.4, 0.5) is 13.2 Å². The molecule has 0 fully saturated rings. The second-order valence-corrected chi connectivity index (χ2v) is 2.99. The second-order valence-electron chi connectivity index (χ2n) is 2.99. The van der Waals surface area contributed by atoms with E-state index in [-0.39, 0.29) is 25.1 Å². The van der Waals surface area contributed by atoms with E-state index in [1.165, 1.54) is 12.3 Å². The summed E-state index contributed by atoms with van der Waals surface area (Å²) in [5.74, 6) is 0. The van der Waals surface area contributed by atoms with Crippen LogP contribution in [0.2, 0.25) is 0 Å². The van der Waals surface area contributed by atoms with Gasteiger partial charge in [-0.15, -0.1) is 6.58 Å². The van der Waals surface area contributed by atoms with E-state index in [0.29, 0.717) is 0 Å². The fourth-order valence-electron chi connectivity index (χ4n) is 1.23. The number of aliphatic hydroxyl groups excluding tert-OH is 1. The summed E-state index contributed by atoms with van der Waals surface area (Å²) in [7, 11) is 0. The third kappa shape index (κ3) is 2.82. The number of hydrogen-bond donors (Lipinski definition) is 1. The lowest BCUT2D eigenvalue weighted by molar-refractivity contribution is -0.142. The number of allylic oxidation sites excluding steroid dienone is 1. The molecule has 0 aliphatic heterocycles. The Kier molecular flexibility index (Phi) is 3.52. The minimum Gasteiger partial charge on any atom is -0.396 e.